The van der Waals surface area contributed by atoms with Crippen LogP contribution in [0.1, 0.15) is 91.9 Å². The van der Waals surface area contributed by atoms with Crippen molar-refractivity contribution < 1.29 is 0 Å². The van der Waals surface area contributed by atoms with E-state index in [1.165, 1.54) is 69.8 Å². The van der Waals surface area contributed by atoms with Gasteiger partial charge in [0, 0.05) is 0 Å². The molecule has 0 N–H and O–H groups in total. The lowest BCUT2D eigenvalue weighted by molar-refractivity contribution is 0.402. The molecule has 0 rings (SSSR count). The molecular formula is C17H34. The van der Waals surface area contributed by atoms with Crippen LogP contribution in [0, 0.1) is 5.41 Å². The molecule has 17 heavy (non-hydrogen) atoms. The quantitative estimate of drug-likeness (QED) is 0.300. The first-order valence-electron chi connectivity index (χ1n) is 7.62. The molecule has 0 heteroatoms. The zero-order chi connectivity index (χ0) is 13.1. The number of hydrogen-bond donors (Lipinski definition) is 0. The van der Waals surface area contributed by atoms with E-state index >= 15 is 0 Å². The Morgan fingerprint density at radius 3 is 1.76 bits per heavy atom. The van der Waals surface area contributed by atoms with E-state index in [0.717, 1.165) is 0 Å². The Hall–Kier alpha value is -0.260. The van der Waals surface area contributed by atoms with Gasteiger partial charge in [0.25, 0.3) is 0 Å². The summed E-state index contributed by atoms with van der Waals surface area (Å²) in [4.78, 5) is 0. The van der Waals surface area contributed by atoms with Crippen LogP contribution in [-0.4, -0.2) is 0 Å². The summed E-state index contributed by atoms with van der Waals surface area (Å²) in [6.07, 6.45) is 13.7. The normalized spacial score (nSPS) is 11.8. The van der Waals surface area contributed by atoms with Gasteiger partial charge in [0.05, 0.1) is 0 Å². The highest BCUT2D eigenvalue weighted by atomic mass is 14.2. The molecule has 0 aromatic carbocycles. The van der Waals surface area contributed by atoms with Gasteiger partial charge in [-0.2, -0.15) is 0 Å². The molecule has 0 atom stereocenters. The van der Waals surface area contributed by atoms with E-state index in [9.17, 15) is 0 Å². The van der Waals surface area contributed by atoms with Crippen LogP contribution in [0.3, 0.4) is 0 Å². The summed E-state index contributed by atoms with van der Waals surface area (Å²) in [6, 6.07) is 0. The first-order valence-corrected chi connectivity index (χ1v) is 7.62. The van der Waals surface area contributed by atoms with Crippen molar-refractivity contribution >= 4 is 0 Å². The number of unbranched alkanes of at least 4 members (excludes halogenated alkanes) is 7. The minimum Gasteiger partial charge on any atom is -0.0998 e. The largest absolute Gasteiger partial charge is 0.0998 e. The second-order valence-electron chi connectivity index (χ2n) is 6.71. The average Bonchev–Trinajstić information content (AvgIpc) is 2.19. The van der Waals surface area contributed by atoms with Crippen molar-refractivity contribution in [3.63, 3.8) is 0 Å². The van der Waals surface area contributed by atoms with Gasteiger partial charge in [-0.3, -0.25) is 0 Å². The number of allylic oxidation sites excluding steroid dienone is 1. The molecule has 0 aliphatic rings. The fourth-order valence-electron chi connectivity index (χ4n) is 2.35. The third-order valence-electron chi connectivity index (χ3n) is 3.16. The van der Waals surface area contributed by atoms with Gasteiger partial charge in [-0.1, -0.05) is 84.8 Å². The molecule has 0 aliphatic carbocycles. The molecule has 0 saturated heterocycles. The molecule has 0 bridgehead atoms. The van der Waals surface area contributed by atoms with E-state index in [-0.39, 0.29) is 0 Å². The van der Waals surface area contributed by atoms with Crippen molar-refractivity contribution in [1.82, 2.24) is 0 Å². The summed E-state index contributed by atoms with van der Waals surface area (Å²) >= 11 is 0. The molecular weight excluding hydrogens is 204 g/mol. The molecule has 0 fully saturated rings. The van der Waals surface area contributed by atoms with Crippen molar-refractivity contribution in [2.75, 3.05) is 0 Å². The van der Waals surface area contributed by atoms with E-state index in [4.69, 9.17) is 0 Å². The van der Waals surface area contributed by atoms with Gasteiger partial charge in [0.2, 0.25) is 0 Å². The minimum absolute atomic E-state index is 0.414. The van der Waals surface area contributed by atoms with E-state index in [1.54, 1.807) is 0 Å². The Balaban J connectivity index is 3.25. The predicted octanol–water partition coefficient (Wildman–Crippen LogP) is 6.51. The van der Waals surface area contributed by atoms with Gasteiger partial charge in [-0.25, -0.2) is 0 Å². The molecule has 0 aromatic rings. The molecule has 0 nitrogen and oxygen atoms in total. The van der Waals surface area contributed by atoms with E-state index in [1.807, 2.05) is 0 Å². The van der Waals surface area contributed by atoms with Crippen molar-refractivity contribution in [2.24, 2.45) is 5.41 Å². The van der Waals surface area contributed by atoms with Crippen LogP contribution in [0.15, 0.2) is 12.2 Å². The highest BCUT2D eigenvalue weighted by Gasteiger charge is 2.11. The molecule has 102 valence electrons. The van der Waals surface area contributed by atoms with Gasteiger partial charge >= 0.3 is 0 Å². The summed E-state index contributed by atoms with van der Waals surface area (Å²) in [5, 5.41) is 0. The van der Waals surface area contributed by atoms with E-state index in [0.29, 0.717) is 5.41 Å². The van der Waals surface area contributed by atoms with Crippen molar-refractivity contribution in [2.45, 2.75) is 91.9 Å². The summed E-state index contributed by atoms with van der Waals surface area (Å²) in [6.45, 7) is 13.4. The molecule has 0 spiro atoms. The number of rotatable bonds is 10. The highest BCUT2D eigenvalue weighted by Crippen LogP contribution is 2.26. The summed E-state index contributed by atoms with van der Waals surface area (Å²) in [5.74, 6) is 0. The first kappa shape index (κ1) is 16.7. The first-order chi connectivity index (χ1) is 7.95. The lowest BCUT2D eigenvalue weighted by Gasteiger charge is -2.19. The Labute approximate surface area is 110 Å². The third kappa shape index (κ3) is 13.7. The van der Waals surface area contributed by atoms with Crippen molar-refractivity contribution in [3.05, 3.63) is 12.2 Å². The zero-order valence-corrected chi connectivity index (χ0v) is 12.8. The molecule has 0 aliphatic heterocycles. The molecule has 0 unspecified atom stereocenters. The van der Waals surface area contributed by atoms with Crippen LogP contribution >= 0.6 is 0 Å². The van der Waals surface area contributed by atoms with E-state index in [2.05, 4.69) is 34.3 Å². The second kappa shape index (κ2) is 9.74. The Morgan fingerprint density at radius 1 is 0.824 bits per heavy atom. The van der Waals surface area contributed by atoms with Crippen molar-refractivity contribution in [3.8, 4) is 0 Å². The maximum atomic E-state index is 4.20. The third-order valence-corrected chi connectivity index (χ3v) is 3.16. The average molecular weight is 238 g/mol. The standard InChI is InChI=1S/C17H34/c1-6-7-8-9-10-11-12-13-14-16(2)15-17(3,4)5/h2,6-15H2,1,3-5H3. The van der Waals surface area contributed by atoms with Gasteiger partial charge in [-0.05, 0) is 24.7 Å². The van der Waals surface area contributed by atoms with Gasteiger partial charge in [0.1, 0.15) is 0 Å². The fraction of sp³-hybridized carbons (Fsp3) is 0.882. The van der Waals surface area contributed by atoms with Crippen LogP contribution in [0.25, 0.3) is 0 Å². The smallest absolute Gasteiger partial charge is 0.0274 e. The van der Waals surface area contributed by atoms with Crippen molar-refractivity contribution in [1.29, 1.82) is 0 Å². The Morgan fingerprint density at radius 2 is 1.29 bits per heavy atom. The molecule has 0 radical (unpaired) electrons. The summed E-state index contributed by atoms with van der Waals surface area (Å²) in [5.41, 5.74) is 1.86. The highest BCUT2D eigenvalue weighted by molar-refractivity contribution is 4.97. The van der Waals surface area contributed by atoms with Gasteiger partial charge in [0.15, 0.2) is 0 Å². The Kier molecular flexibility index (Phi) is 9.59. The van der Waals surface area contributed by atoms with Crippen LogP contribution in [0.5, 0.6) is 0 Å². The maximum absolute atomic E-state index is 4.20. The summed E-state index contributed by atoms with van der Waals surface area (Å²) < 4.78 is 0. The SMILES string of the molecule is C=C(CCCCCCCCCC)CC(C)(C)C. The topological polar surface area (TPSA) is 0 Å². The Bertz CT molecular complexity index is 183. The molecule has 0 saturated carbocycles. The van der Waals surface area contributed by atoms with Crippen LogP contribution in [0.2, 0.25) is 0 Å². The van der Waals surface area contributed by atoms with Crippen LogP contribution in [0.4, 0.5) is 0 Å². The van der Waals surface area contributed by atoms with E-state index < -0.39 is 0 Å². The summed E-state index contributed by atoms with van der Waals surface area (Å²) in [7, 11) is 0. The molecule has 0 heterocycles. The maximum Gasteiger partial charge on any atom is -0.0274 e. The lowest BCUT2D eigenvalue weighted by atomic mass is 9.87. The predicted molar refractivity (Wildman–Crippen MR) is 80.4 cm³/mol. The van der Waals surface area contributed by atoms with Gasteiger partial charge < -0.3 is 0 Å². The fourth-order valence-corrected chi connectivity index (χ4v) is 2.35. The van der Waals surface area contributed by atoms with Crippen LogP contribution < -0.4 is 0 Å². The van der Waals surface area contributed by atoms with Crippen LogP contribution in [-0.2, 0) is 0 Å². The second-order valence-corrected chi connectivity index (χ2v) is 6.71. The molecule has 0 amide bonds. The lowest BCUT2D eigenvalue weighted by Crippen LogP contribution is -2.05. The van der Waals surface area contributed by atoms with Gasteiger partial charge in [-0.15, -0.1) is 0 Å². The zero-order valence-electron chi connectivity index (χ0n) is 12.8. The minimum atomic E-state index is 0.414. The number of hydrogen-bond acceptors (Lipinski definition) is 0. The molecule has 0 aromatic heterocycles. The monoisotopic (exact) mass is 238 g/mol.